The first kappa shape index (κ1) is 20.6. The largest absolute Gasteiger partial charge is 0.467 e. The molecule has 2 atom stereocenters. The Bertz CT molecular complexity index is 855. The first-order chi connectivity index (χ1) is 12.9. The average molecular weight is 393 g/mol. The fourth-order valence-corrected chi connectivity index (χ4v) is 2.73. The monoisotopic (exact) mass is 392 g/mol. The van der Waals surface area contributed by atoms with Crippen LogP contribution < -0.4 is 5.32 Å². The summed E-state index contributed by atoms with van der Waals surface area (Å²) in [6.07, 6.45) is 0.668. The second-order valence-electron chi connectivity index (χ2n) is 6.04. The molecule has 1 heterocycles. The van der Waals surface area contributed by atoms with Gasteiger partial charge >= 0.3 is 11.9 Å². The highest BCUT2D eigenvalue weighted by molar-refractivity contribution is 6.30. The van der Waals surface area contributed by atoms with Gasteiger partial charge in [-0.15, -0.1) is 0 Å². The molecule has 0 bridgehead atoms. The van der Waals surface area contributed by atoms with Crippen molar-refractivity contribution in [1.82, 2.24) is 10.3 Å². The molecule has 1 aromatic heterocycles. The maximum atomic E-state index is 12.4. The molecule has 0 radical (unpaired) electrons. The highest BCUT2D eigenvalue weighted by atomic mass is 35.5. The van der Waals surface area contributed by atoms with E-state index >= 15 is 0 Å². The number of esters is 2. The van der Waals surface area contributed by atoms with Gasteiger partial charge in [0.25, 0.3) is 5.91 Å². The van der Waals surface area contributed by atoms with Crippen LogP contribution in [0.3, 0.4) is 0 Å². The van der Waals surface area contributed by atoms with Gasteiger partial charge in [-0.05, 0) is 18.1 Å². The minimum Gasteiger partial charge on any atom is -0.467 e. The number of ether oxygens (including phenoxy) is 2. The summed E-state index contributed by atoms with van der Waals surface area (Å²) in [7, 11) is 1.25. The Hall–Kier alpha value is -2.67. The maximum Gasteiger partial charge on any atom is 0.339 e. The number of hydrogen-bond donors (Lipinski definition) is 1. The zero-order valence-corrected chi connectivity index (χ0v) is 16.1. The third kappa shape index (κ3) is 5.17. The molecule has 7 nitrogen and oxygen atoms in total. The highest BCUT2D eigenvalue weighted by Gasteiger charge is 2.27. The molecule has 0 saturated heterocycles. The minimum atomic E-state index is -0.803. The number of hydrogen-bond acceptors (Lipinski definition) is 6. The van der Waals surface area contributed by atoms with Crippen molar-refractivity contribution in [2.45, 2.75) is 26.3 Å². The number of carbonyl (C=O) groups is 3. The highest BCUT2D eigenvalue weighted by Crippen LogP contribution is 2.21. The van der Waals surface area contributed by atoms with Gasteiger partial charge in [-0.25, -0.2) is 14.6 Å². The van der Waals surface area contributed by atoms with Gasteiger partial charge in [0.15, 0.2) is 6.61 Å². The molecule has 8 heteroatoms. The maximum absolute atomic E-state index is 12.4. The van der Waals surface area contributed by atoms with Crippen molar-refractivity contribution in [2.75, 3.05) is 13.7 Å². The Morgan fingerprint density at radius 3 is 2.63 bits per heavy atom. The van der Waals surface area contributed by atoms with Crippen LogP contribution in [0, 0.1) is 5.92 Å². The third-order valence-electron chi connectivity index (χ3n) is 4.22. The molecule has 2 aromatic rings. The first-order valence-corrected chi connectivity index (χ1v) is 8.84. The quantitative estimate of drug-likeness (QED) is 0.575. The molecule has 1 aromatic carbocycles. The number of nitrogens with one attached hydrogen (secondary N) is 1. The van der Waals surface area contributed by atoms with Crippen LogP contribution >= 0.6 is 11.6 Å². The summed E-state index contributed by atoms with van der Waals surface area (Å²) in [6, 6.07) is 7.55. The topological polar surface area (TPSA) is 94.6 Å². The van der Waals surface area contributed by atoms with Gasteiger partial charge in [0.2, 0.25) is 0 Å². The van der Waals surface area contributed by atoms with E-state index in [1.165, 1.54) is 13.2 Å². The number of amides is 1. The molecule has 1 amide bonds. The molecule has 0 unspecified atom stereocenters. The van der Waals surface area contributed by atoms with E-state index in [1.54, 1.807) is 24.3 Å². The normalized spacial score (nSPS) is 12.9. The number of aromatic nitrogens is 1. The van der Waals surface area contributed by atoms with Crippen molar-refractivity contribution in [1.29, 1.82) is 0 Å². The van der Waals surface area contributed by atoms with Gasteiger partial charge in [-0.2, -0.15) is 0 Å². The predicted octanol–water partition coefficient (Wildman–Crippen LogP) is 2.75. The third-order valence-corrected chi connectivity index (χ3v) is 4.42. The van der Waals surface area contributed by atoms with E-state index in [1.807, 2.05) is 13.8 Å². The summed E-state index contributed by atoms with van der Waals surface area (Å²) in [6.45, 7) is 3.18. The van der Waals surface area contributed by atoms with Crippen LogP contribution in [0.15, 0.2) is 30.3 Å². The van der Waals surface area contributed by atoms with Crippen molar-refractivity contribution < 1.29 is 23.9 Å². The standard InChI is InChI=1S/C19H21ClN2O5/c1-4-11(2)17(19(25)26-3)22-16(23)10-27-18(24)13-9-15(20)21-14-8-6-5-7-12(13)14/h5-9,11,17H,4,10H2,1-3H3,(H,22,23)/t11-,17+/m0/s1. The van der Waals surface area contributed by atoms with Gasteiger partial charge in [0.05, 0.1) is 18.2 Å². The lowest BCUT2D eigenvalue weighted by Gasteiger charge is -2.21. The predicted molar refractivity (Wildman–Crippen MR) is 100 cm³/mol. The van der Waals surface area contributed by atoms with E-state index in [0.717, 1.165) is 0 Å². The summed E-state index contributed by atoms with van der Waals surface area (Å²) in [5.74, 6) is -1.97. The van der Waals surface area contributed by atoms with E-state index < -0.39 is 30.5 Å². The van der Waals surface area contributed by atoms with Gasteiger partial charge < -0.3 is 14.8 Å². The summed E-state index contributed by atoms with van der Waals surface area (Å²) in [5, 5.41) is 3.26. The molecule has 0 aliphatic rings. The van der Waals surface area contributed by atoms with Crippen LogP contribution in [-0.2, 0) is 19.1 Å². The van der Waals surface area contributed by atoms with Gasteiger partial charge in [-0.1, -0.05) is 50.1 Å². The van der Waals surface area contributed by atoms with Crippen molar-refractivity contribution in [2.24, 2.45) is 5.92 Å². The summed E-state index contributed by atoms with van der Waals surface area (Å²) in [5.41, 5.74) is 0.758. The van der Waals surface area contributed by atoms with Crippen molar-refractivity contribution in [3.8, 4) is 0 Å². The number of fused-ring (bicyclic) bond motifs is 1. The summed E-state index contributed by atoms with van der Waals surface area (Å²) < 4.78 is 9.80. The second-order valence-corrected chi connectivity index (χ2v) is 6.43. The first-order valence-electron chi connectivity index (χ1n) is 8.47. The van der Waals surface area contributed by atoms with E-state index in [2.05, 4.69) is 10.3 Å². The summed E-state index contributed by atoms with van der Waals surface area (Å²) >= 11 is 5.95. The van der Waals surface area contributed by atoms with Crippen LogP contribution in [-0.4, -0.2) is 42.6 Å². The van der Waals surface area contributed by atoms with Crippen LogP contribution in [0.2, 0.25) is 5.15 Å². The SMILES string of the molecule is CC[C@H](C)[C@@H](NC(=O)COC(=O)c1cc(Cl)nc2ccccc12)C(=O)OC. The molecule has 2 rings (SSSR count). The number of halogens is 1. The Balaban J connectivity index is 2.07. The molecule has 0 fully saturated rings. The number of para-hydroxylation sites is 1. The van der Waals surface area contributed by atoms with Crippen LogP contribution in [0.5, 0.6) is 0 Å². The number of rotatable bonds is 7. The molecular formula is C19H21ClN2O5. The number of methoxy groups -OCH3 is 1. The fourth-order valence-electron chi connectivity index (χ4n) is 2.53. The Morgan fingerprint density at radius 2 is 1.96 bits per heavy atom. The zero-order valence-electron chi connectivity index (χ0n) is 15.3. The number of benzene rings is 1. The van der Waals surface area contributed by atoms with Crippen LogP contribution in [0.25, 0.3) is 10.9 Å². The van der Waals surface area contributed by atoms with E-state index in [4.69, 9.17) is 21.1 Å². The lowest BCUT2D eigenvalue weighted by molar-refractivity contribution is -0.147. The van der Waals surface area contributed by atoms with E-state index in [0.29, 0.717) is 17.3 Å². The minimum absolute atomic E-state index is 0.125. The average Bonchev–Trinajstić information content (AvgIpc) is 2.68. The van der Waals surface area contributed by atoms with Crippen LogP contribution in [0.4, 0.5) is 0 Å². The van der Waals surface area contributed by atoms with Gasteiger partial charge in [0, 0.05) is 5.39 Å². The number of pyridine rings is 1. The zero-order chi connectivity index (χ0) is 20.0. The summed E-state index contributed by atoms with van der Waals surface area (Å²) in [4.78, 5) is 40.5. The van der Waals surface area contributed by atoms with Gasteiger partial charge in [-0.3, -0.25) is 4.79 Å². The number of nitrogens with zero attached hydrogens (tertiary/aromatic N) is 1. The molecule has 0 aliphatic carbocycles. The lowest BCUT2D eigenvalue weighted by Crippen LogP contribution is -2.47. The molecule has 0 saturated carbocycles. The van der Waals surface area contributed by atoms with Crippen molar-refractivity contribution >= 4 is 40.3 Å². The van der Waals surface area contributed by atoms with E-state index in [9.17, 15) is 14.4 Å². The van der Waals surface area contributed by atoms with Crippen molar-refractivity contribution in [3.05, 3.63) is 41.0 Å². The molecule has 144 valence electrons. The lowest BCUT2D eigenvalue weighted by atomic mass is 9.99. The second kappa shape index (κ2) is 9.32. The Morgan fingerprint density at radius 1 is 1.26 bits per heavy atom. The molecule has 1 N–H and O–H groups in total. The number of carbonyl (C=O) groups excluding carboxylic acids is 3. The molecule has 27 heavy (non-hydrogen) atoms. The Labute approximate surface area is 162 Å². The van der Waals surface area contributed by atoms with E-state index in [-0.39, 0.29) is 16.6 Å². The van der Waals surface area contributed by atoms with Gasteiger partial charge in [0.1, 0.15) is 11.2 Å². The Kier molecular flexibility index (Phi) is 7.12. The fraction of sp³-hybridized carbons (Fsp3) is 0.368. The molecule has 0 spiro atoms. The van der Waals surface area contributed by atoms with Crippen molar-refractivity contribution in [3.63, 3.8) is 0 Å². The molecular weight excluding hydrogens is 372 g/mol. The smallest absolute Gasteiger partial charge is 0.339 e. The molecule has 0 aliphatic heterocycles. The van der Waals surface area contributed by atoms with Crippen LogP contribution in [0.1, 0.15) is 30.6 Å².